The molecule has 0 aromatic carbocycles. The lowest BCUT2D eigenvalue weighted by atomic mass is 9.86. The van der Waals surface area contributed by atoms with Gasteiger partial charge in [-0.2, -0.15) is 0 Å². The maximum atomic E-state index is 11.7. The number of esters is 2. The lowest BCUT2D eigenvalue weighted by molar-refractivity contribution is -0.170. The van der Waals surface area contributed by atoms with E-state index in [9.17, 15) is 14.7 Å². The molecule has 0 spiro atoms. The molecule has 0 bridgehead atoms. The van der Waals surface area contributed by atoms with Gasteiger partial charge >= 0.3 is 11.9 Å². The van der Waals surface area contributed by atoms with Crippen LogP contribution in [0.5, 0.6) is 0 Å². The topological polar surface area (TPSA) is 72.8 Å². The van der Waals surface area contributed by atoms with Crippen LogP contribution in [-0.2, 0) is 19.1 Å². The van der Waals surface area contributed by atoms with Crippen LogP contribution >= 0.6 is 0 Å². The summed E-state index contributed by atoms with van der Waals surface area (Å²) in [7, 11) is 1.23. The van der Waals surface area contributed by atoms with E-state index in [4.69, 9.17) is 4.74 Å². The maximum absolute atomic E-state index is 11.7. The number of carbonyl (C=O) groups is 2. The van der Waals surface area contributed by atoms with E-state index >= 15 is 0 Å². The van der Waals surface area contributed by atoms with Crippen molar-refractivity contribution in [3.05, 3.63) is 0 Å². The Kier molecular flexibility index (Phi) is 3.68. The van der Waals surface area contributed by atoms with Crippen LogP contribution in [0.4, 0.5) is 0 Å². The molecule has 0 radical (unpaired) electrons. The van der Waals surface area contributed by atoms with Crippen LogP contribution in [0.25, 0.3) is 0 Å². The van der Waals surface area contributed by atoms with Gasteiger partial charge in [0.05, 0.1) is 19.8 Å². The van der Waals surface area contributed by atoms with Gasteiger partial charge < -0.3 is 14.6 Å². The summed E-state index contributed by atoms with van der Waals surface area (Å²) in [5, 5.41) is 9.41. The van der Waals surface area contributed by atoms with Crippen molar-refractivity contribution >= 4 is 11.9 Å². The second-order valence-corrected chi connectivity index (χ2v) is 3.69. The Morgan fingerprint density at radius 2 is 2.13 bits per heavy atom. The first-order valence-electron chi connectivity index (χ1n) is 5.00. The smallest absolute Gasteiger partial charge is 0.323 e. The van der Waals surface area contributed by atoms with E-state index < -0.39 is 23.5 Å². The van der Waals surface area contributed by atoms with Crippen LogP contribution in [0.3, 0.4) is 0 Å². The highest BCUT2D eigenvalue weighted by molar-refractivity contribution is 6.00. The number of hydrogen-bond acceptors (Lipinski definition) is 5. The van der Waals surface area contributed by atoms with E-state index in [-0.39, 0.29) is 13.0 Å². The summed E-state index contributed by atoms with van der Waals surface area (Å²) in [4.78, 5) is 23.2. The predicted octanol–water partition coefficient (Wildman–Crippen LogP) is 0.254. The van der Waals surface area contributed by atoms with Crippen LogP contribution in [0.15, 0.2) is 0 Å². The Hall–Kier alpha value is -1.10. The molecule has 1 aliphatic carbocycles. The van der Waals surface area contributed by atoms with Gasteiger partial charge in [0.15, 0.2) is 5.41 Å². The predicted molar refractivity (Wildman–Crippen MR) is 50.9 cm³/mol. The fraction of sp³-hybridized carbons (Fsp3) is 0.800. The van der Waals surface area contributed by atoms with Gasteiger partial charge in [-0.1, -0.05) is 0 Å². The molecule has 0 saturated heterocycles. The van der Waals surface area contributed by atoms with Crippen LogP contribution < -0.4 is 0 Å². The molecule has 0 aromatic rings. The summed E-state index contributed by atoms with van der Waals surface area (Å²) in [5.41, 5.74) is -1.29. The second kappa shape index (κ2) is 4.61. The van der Waals surface area contributed by atoms with Crippen molar-refractivity contribution in [3.8, 4) is 0 Å². The second-order valence-electron chi connectivity index (χ2n) is 3.69. The van der Waals surface area contributed by atoms with Crippen molar-refractivity contribution in [2.24, 2.45) is 5.41 Å². The van der Waals surface area contributed by atoms with Gasteiger partial charge in [0.2, 0.25) is 0 Å². The van der Waals surface area contributed by atoms with Crippen molar-refractivity contribution in [1.29, 1.82) is 0 Å². The average Bonchev–Trinajstić information content (AvgIpc) is 2.61. The van der Waals surface area contributed by atoms with Crippen molar-refractivity contribution in [2.75, 3.05) is 13.7 Å². The molecule has 1 fully saturated rings. The van der Waals surface area contributed by atoms with Gasteiger partial charge in [-0.15, -0.1) is 0 Å². The third-order valence-corrected chi connectivity index (χ3v) is 2.73. The molecule has 0 aromatic heterocycles. The third-order valence-electron chi connectivity index (χ3n) is 2.73. The molecule has 0 amide bonds. The van der Waals surface area contributed by atoms with E-state index in [2.05, 4.69) is 4.74 Å². The summed E-state index contributed by atoms with van der Waals surface area (Å²) in [6, 6.07) is 0. The van der Waals surface area contributed by atoms with Crippen molar-refractivity contribution in [1.82, 2.24) is 0 Å². The van der Waals surface area contributed by atoms with Crippen LogP contribution in [0, 0.1) is 5.41 Å². The normalized spacial score (nSPS) is 29.9. The number of aliphatic hydroxyl groups is 1. The highest BCUT2D eigenvalue weighted by atomic mass is 16.6. The molecular weight excluding hydrogens is 200 g/mol. The van der Waals surface area contributed by atoms with Gasteiger partial charge in [-0.25, -0.2) is 0 Å². The molecule has 1 rings (SSSR count). The molecule has 2 atom stereocenters. The fourth-order valence-electron chi connectivity index (χ4n) is 1.94. The van der Waals surface area contributed by atoms with Crippen LogP contribution in [0.2, 0.25) is 0 Å². The Bertz CT molecular complexity index is 263. The van der Waals surface area contributed by atoms with Gasteiger partial charge in [0.25, 0.3) is 0 Å². The number of carbonyl (C=O) groups excluding carboxylic acids is 2. The zero-order chi connectivity index (χ0) is 11.5. The number of ether oxygens (including phenoxy) is 2. The highest BCUT2D eigenvalue weighted by Crippen LogP contribution is 2.40. The van der Waals surface area contributed by atoms with Crippen molar-refractivity contribution < 1.29 is 24.2 Å². The number of aliphatic hydroxyl groups excluding tert-OH is 1. The van der Waals surface area contributed by atoms with Crippen LogP contribution in [0.1, 0.15) is 26.2 Å². The first-order chi connectivity index (χ1) is 7.06. The molecule has 1 aliphatic rings. The van der Waals surface area contributed by atoms with Crippen LogP contribution in [-0.4, -0.2) is 36.9 Å². The van der Waals surface area contributed by atoms with E-state index in [0.717, 1.165) is 0 Å². The van der Waals surface area contributed by atoms with Gasteiger partial charge in [-0.3, -0.25) is 9.59 Å². The highest BCUT2D eigenvalue weighted by Gasteiger charge is 2.53. The third kappa shape index (κ3) is 2.12. The summed E-state index contributed by atoms with van der Waals surface area (Å²) in [6.45, 7) is 1.89. The first kappa shape index (κ1) is 12.0. The average molecular weight is 216 g/mol. The summed E-state index contributed by atoms with van der Waals surface area (Å²) in [6.07, 6.45) is 0.181. The zero-order valence-corrected chi connectivity index (χ0v) is 8.99. The largest absolute Gasteiger partial charge is 0.468 e. The molecule has 1 N–H and O–H groups in total. The molecule has 5 nitrogen and oxygen atoms in total. The van der Waals surface area contributed by atoms with E-state index in [1.807, 2.05) is 0 Å². The van der Waals surface area contributed by atoms with E-state index in [0.29, 0.717) is 12.8 Å². The summed E-state index contributed by atoms with van der Waals surface area (Å²) in [5.74, 6) is -1.20. The molecule has 0 heterocycles. The Morgan fingerprint density at radius 3 is 2.53 bits per heavy atom. The quantitative estimate of drug-likeness (QED) is 0.541. The molecule has 5 heteroatoms. The van der Waals surface area contributed by atoms with Gasteiger partial charge in [-0.05, 0) is 19.8 Å². The summed E-state index contributed by atoms with van der Waals surface area (Å²) >= 11 is 0. The minimum Gasteiger partial charge on any atom is -0.468 e. The first-order valence-corrected chi connectivity index (χ1v) is 5.00. The minimum absolute atomic E-state index is 0.0957. The number of hydrogen-bond donors (Lipinski definition) is 1. The lowest BCUT2D eigenvalue weighted by Crippen LogP contribution is -2.40. The van der Waals surface area contributed by atoms with Crippen molar-refractivity contribution in [2.45, 2.75) is 32.3 Å². The van der Waals surface area contributed by atoms with Gasteiger partial charge in [0, 0.05) is 6.42 Å². The summed E-state index contributed by atoms with van der Waals surface area (Å²) < 4.78 is 9.45. The van der Waals surface area contributed by atoms with E-state index in [1.54, 1.807) is 6.92 Å². The molecule has 15 heavy (non-hydrogen) atoms. The monoisotopic (exact) mass is 216 g/mol. The molecular formula is C10H16O5. The van der Waals surface area contributed by atoms with Gasteiger partial charge in [0.1, 0.15) is 0 Å². The minimum atomic E-state index is -1.29. The van der Waals surface area contributed by atoms with E-state index in [1.165, 1.54) is 7.11 Å². The van der Waals surface area contributed by atoms with Crippen molar-refractivity contribution in [3.63, 3.8) is 0 Å². The number of rotatable bonds is 3. The lowest BCUT2D eigenvalue weighted by Gasteiger charge is -2.23. The Balaban J connectivity index is 2.87. The number of methoxy groups -OCH3 is 1. The Morgan fingerprint density at radius 1 is 1.47 bits per heavy atom. The standard InChI is InChI=1S/C10H16O5/c1-3-15-9(13)10(8(12)14-2)5-4-7(11)6-10/h7,11H,3-6H2,1-2H3. The molecule has 1 saturated carbocycles. The SMILES string of the molecule is CCOC(=O)C1(C(=O)OC)CCC(O)C1. The molecule has 86 valence electrons. The zero-order valence-electron chi connectivity index (χ0n) is 8.99. The fourth-order valence-corrected chi connectivity index (χ4v) is 1.94. The molecule has 2 unspecified atom stereocenters. The Labute approximate surface area is 88.4 Å². The maximum Gasteiger partial charge on any atom is 0.323 e. The molecule has 0 aliphatic heterocycles.